The summed E-state index contributed by atoms with van der Waals surface area (Å²) in [4.78, 5) is 24.0. The minimum atomic E-state index is -0.0470. The second-order valence-electron chi connectivity index (χ2n) is 10.2. The predicted octanol–water partition coefficient (Wildman–Crippen LogP) is 3.93. The number of benzene rings is 2. The summed E-state index contributed by atoms with van der Waals surface area (Å²) in [5.74, 6) is 0.525. The Bertz CT molecular complexity index is 1540. The van der Waals surface area contributed by atoms with E-state index in [4.69, 9.17) is 15.2 Å². The minimum Gasteiger partial charge on any atom is -0.489 e. The smallest absolute Gasteiger partial charge is 0.236 e. The van der Waals surface area contributed by atoms with E-state index in [0.29, 0.717) is 37.2 Å². The van der Waals surface area contributed by atoms with Crippen molar-refractivity contribution >= 4 is 22.6 Å². The number of piperidine rings is 1. The fourth-order valence-corrected chi connectivity index (χ4v) is 5.53. The van der Waals surface area contributed by atoms with Crippen LogP contribution in [0, 0.1) is 11.3 Å². The number of ether oxygens (including phenoxy) is 2. The van der Waals surface area contributed by atoms with E-state index in [1.807, 2.05) is 24.3 Å². The van der Waals surface area contributed by atoms with Gasteiger partial charge in [-0.1, -0.05) is 18.2 Å². The predicted molar refractivity (Wildman–Crippen MR) is 154 cm³/mol. The van der Waals surface area contributed by atoms with Gasteiger partial charge in [0.25, 0.3) is 0 Å². The quantitative estimate of drug-likeness (QED) is 0.383. The van der Waals surface area contributed by atoms with Crippen LogP contribution < -0.4 is 15.4 Å². The summed E-state index contributed by atoms with van der Waals surface area (Å²) in [5, 5.41) is 10.9. The van der Waals surface area contributed by atoms with Crippen LogP contribution in [0.3, 0.4) is 0 Å². The number of rotatable bonds is 6. The Labute approximate surface area is 233 Å². The Morgan fingerprint density at radius 3 is 2.52 bits per heavy atom. The Morgan fingerprint density at radius 1 is 1.05 bits per heavy atom. The van der Waals surface area contributed by atoms with Crippen molar-refractivity contribution < 1.29 is 14.3 Å². The van der Waals surface area contributed by atoms with Crippen LogP contribution in [0.25, 0.3) is 33.4 Å². The molecule has 204 valence electrons. The molecule has 0 atom stereocenters. The van der Waals surface area contributed by atoms with E-state index in [1.54, 1.807) is 11.1 Å². The zero-order valence-corrected chi connectivity index (χ0v) is 22.3. The third-order valence-corrected chi connectivity index (χ3v) is 7.76. The van der Waals surface area contributed by atoms with Crippen LogP contribution in [-0.2, 0) is 9.53 Å². The number of carbonyl (C=O) groups excluding carboxylic acids is 1. The highest BCUT2D eigenvalue weighted by Gasteiger charge is 2.24. The lowest BCUT2D eigenvalue weighted by Crippen LogP contribution is -2.44. The molecule has 2 saturated heterocycles. The number of aromatic amines is 1. The van der Waals surface area contributed by atoms with Crippen LogP contribution in [-0.4, -0.2) is 72.8 Å². The van der Waals surface area contributed by atoms with Crippen LogP contribution in [0.15, 0.2) is 60.8 Å². The fraction of sp³-hybridized carbons (Fsp3) is 0.323. The number of hydrogen-bond acceptors (Lipinski definition) is 7. The number of morpholine rings is 1. The van der Waals surface area contributed by atoms with Gasteiger partial charge in [0.1, 0.15) is 23.6 Å². The number of amides is 1. The first kappa shape index (κ1) is 25.9. The van der Waals surface area contributed by atoms with Crippen LogP contribution >= 0.6 is 0 Å². The van der Waals surface area contributed by atoms with Crippen molar-refractivity contribution in [3.8, 4) is 34.2 Å². The zero-order chi connectivity index (χ0) is 27.5. The Balaban J connectivity index is 1.22. The molecule has 4 aromatic rings. The number of nitrogens with zero attached hydrogens (tertiary/aromatic N) is 4. The maximum atomic E-state index is 11.9. The molecule has 0 aliphatic carbocycles. The largest absolute Gasteiger partial charge is 0.489 e. The van der Waals surface area contributed by atoms with Gasteiger partial charge in [0.05, 0.1) is 25.3 Å². The van der Waals surface area contributed by atoms with Gasteiger partial charge in [-0.2, -0.15) is 5.26 Å². The summed E-state index contributed by atoms with van der Waals surface area (Å²) in [6, 6.07) is 20.7. The van der Waals surface area contributed by atoms with E-state index in [9.17, 15) is 10.1 Å². The van der Waals surface area contributed by atoms with Crippen LogP contribution in [0.2, 0.25) is 0 Å². The average Bonchev–Trinajstić information content (AvgIpc) is 3.46. The first-order chi connectivity index (χ1) is 19.6. The highest BCUT2D eigenvalue weighted by molar-refractivity contribution is 5.96. The van der Waals surface area contributed by atoms with Crippen LogP contribution in [0.1, 0.15) is 18.4 Å². The molecule has 9 nitrogen and oxygen atoms in total. The van der Waals surface area contributed by atoms with E-state index in [0.717, 1.165) is 59.7 Å². The molecule has 2 aliphatic heterocycles. The normalized spacial score (nSPS) is 16.2. The standard InChI is InChI=1S/C31H32N6O3/c32-19-23-17-22(3-6-29(23)40-25-8-11-37(12-9-25)30(38)20-33)26-7-10-34-31-27(26)18-28(35-31)21-1-4-24(5-2-21)36-13-15-39-16-14-36/h1-7,10,17-18,25H,8-9,11-16,20,33H2,(H,34,35). The van der Waals surface area contributed by atoms with Gasteiger partial charge in [-0.3, -0.25) is 4.79 Å². The number of carbonyl (C=O) groups is 1. The fourth-order valence-electron chi connectivity index (χ4n) is 5.53. The van der Waals surface area contributed by atoms with Gasteiger partial charge >= 0.3 is 0 Å². The summed E-state index contributed by atoms with van der Waals surface area (Å²) in [6.07, 6.45) is 3.16. The van der Waals surface area contributed by atoms with Crippen molar-refractivity contribution in [3.05, 3.63) is 66.4 Å². The molecule has 2 aliphatic rings. The average molecular weight is 537 g/mol. The van der Waals surface area contributed by atoms with Crippen LogP contribution in [0.5, 0.6) is 5.75 Å². The third-order valence-electron chi connectivity index (χ3n) is 7.76. The van der Waals surface area contributed by atoms with E-state index in [-0.39, 0.29) is 18.6 Å². The molecular weight excluding hydrogens is 504 g/mol. The molecule has 6 rings (SSSR count). The van der Waals surface area contributed by atoms with E-state index < -0.39 is 0 Å². The first-order valence-corrected chi connectivity index (χ1v) is 13.7. The molecule has 2 aromatic carbocycles. The molecule has 40 heavy (non-hydrogen) atoms. The van der Waals surface area contributed by atoms with Crippen molar-refractivity contribution in [3.63, 3.8) is 0 Å². The minimum absolute atomic E-state index is 0.0255. The van der Waals surface area contributed by atoms with Gasteiger partial charge < -0.3 is 30.0 Å². The second kappa shape index (κ2) is 11.4. The van der Waals surface area contributed by atoms with Crippen molar-refractivity contribution in [1.82, 2.24) is 14.9 Å². The van der Waals surface area contributed by atoms with Gasteiger partial charge in [0.2, 0.25) is 5.91 Å². The van der Waals surface area contributed by atoms with Gasteiger partial charge in [-0.25, -0.2) is 4.98 Å². The highest BCUT2D eigenvalue weighted by atomic mass is 16.5. The number of nitrogens with one attached hydrogen (secondary N) is 1. The topological polar surface area (TPSA) is 120 Å². The third kappa shape index (κ3) is 5.24. The summed E-state index contributed by atoms with van der Waals surface area (Å²) in [5.41, 5.74) is 12.0. The summed E-state index contributed by atoms with van der Waals surface area (Å²) < 4.78 is 11.7. The maximum Gasteiger partial charge on any atom is 0.236 e. The summed E-state index contributed by atoms with van der Waals surface area (Å²) >= 11 is 0. The lowest BCUT2D eigenvalue weighted by atomic mass is 10.0. The van der Waals surface area contributed by atoms with Gasteiger partial charge in [0.15, 0.2) is 0 Å². The molecule has 0 spiro atoms. The Morgan fingerprint density at radius 2 is 1.80 bits per heavy atom. The molecule has 2 aromatic heterocycles. The lowest BCUT2D eigenvalue weighted by molar-refractivity contribution is -0.131. The maximum absolute atomic E-state index is 11.9. The van der Waals surface area contributed by atoms with Gasteiger partial charge in [-0.15, -0.1) is 0 Å². The van der Waals surface area contributed by atoms with Crippen molar-refractivity contribution in [1.29, 1.82) is 5.26 Å². The molecule has 3 N–H and O–H groups in total. The molecule has 0 unspecified atom stereocenters. The lowest BCUT2D eigenvalue weighted by Gasteiger charge is -2.32. The van der Waals surface area contributed by atoms with E-state index in [2.05, 4.69) is 51.3 Å². The van der Waals surface area contributed by atoms with E-state index >= 15 is 0 Å². The Kier molecular flexibility index (Phi) is 7.36. The van der Waals surface area contributed by atoms with E-state index in [1.165, 1.54) is 5.69 Å². The van der Waals surface area contributed by atoms with Crippen LogP contribution in [0.4, 0.5) is 5.69 Å². The van der Waals surface area contributed by atoms with Gasteiger partial charge in [0, 0.05) is 62.0 Å². The number of H-pyrrole nitrogens is 1. The van der Waals surface area contributed by atoms with Crippen molar-refractivity contribution in [2.75, 3.05) is 50.8 Å². The number of anilines is 1. The highest BCUT2D eigenvalue weighted by Crippen LogP contribution is 2.34. The molecule has 0 radical (unpaired) electrons. The first-order valence-electron chi connectivity index (χ1n) is 13.7. The molecule has 9 heteroatoms. The second-order valence-corrected chi connectivity index (χ2v) is 10.2. The Hall–Kier alpha value is -4.39. The number of aromatic nitrogens is 2. The molecule has 1 amide bonds. The number of fused-ring (bicyclic) bond motifs is 1. The number of nitrogens with two attached hydrogens (primary N) is 1. The SMILES string of the molecule is N#Cc1cc(-c2ccnc3[nH]c(-c4ccc(N5CCOCC5)cc4)cc23)ccc1OC1CCN(C(=O)CN)CC1. The summed E-state index contributed by atoms with van der Waals surface area (Å²) in [7, 11) is 0. The molecular formula is C31H32N6O3. The molecule has 0 saturated carbocycles. The van der Waals surface area contributed by atoms with Gasteiger partial charge in [-0.05, 0) is 53.1 Å². The monoisotopic (exact) mass is 536 g/mol. The summed E-state index contributed by atoms with van der Waals surface area (Å²) in [6.45, 7) is 4.58. The molecule has 0 bridgehead atoms. The zero-order valence-electron chi connectivity index (χ0n) is 22.3. The van der Waals surface area contributed by atoms with Crippen molar-refractivity contribution in [2.45, 2.75) is 18.9 Å². The number of likely N-dealkylation sites (tertiary alicyclic amines) is 1. The molecule has 2 fully saturated rings. The van der Waals surface area contributed by atoms with Crippen molar-refractivity contribution in [2.24, 2.45) is 5.73 Å². The number of pyridine rings is 1. The molecule has 4 heterocycles. The number of nitriles is 1. The number of hydrogen-bond donors (Lipinski definition) is 2.